The van der Waals surface area contributed by atoms with Gasteiger partial charge in [0.25, 0.3) is 0 Å². The maximum absolute atomic E-state index is 13.3. The highest BCUT2D eigenvalue weighted by molar-refractivity contribution is 7.90. The van der Waals surface area contributed by atoms with Crippen LogP contribution in [0, 0.1) is 20.8 Å². The summed E-state index contributed by atoms with van der Waals surface area (Å²) >= 11 is -1.63. The van der Waals surface area contributed by atoms with Crippen LogP contribution in [-0.2, 0) is 16.9 Å². The maximum atomic E-state index is 13.3. The second kappa shape index (κ2) is 8.93. The molecule has 0 fully saturated rings. The molecule has 159 valence electrons. The highest BCUT2D eigenvalue weighted by Crippen LogP contribution is 2.29. The SMILES string of the molecule is [CH2]CN(C)C(=O)n1c([S+]([O-])Cc2ncc(C)c(OC)c2C)nc2cc(OC)ccc21. The van der Waals surface area contributed by atoms with E-state index in [0.717, 1.165) is 11.1 Å². The van der Waals surface area contributed by atoms with E-state index in [1.165, 1.54) is 9.47 Å². The normalized spacial score (nSPS) is 12.1. The average molecular weight is 430 g/mol. The van der Waals surface area contributed by atoms with Crippen LogP contribution in [0.25, 0.3) is 11.0 Å². The lowest BCUT2D eigenvalue weighted by atomic mass is 10.1. The van der Waals surface area contributed by atoms with Crippen LogP contribution < -0.4 is 9.47 Å². The molecule has 3 rings (SSSR count). The number of methoxy groups -OCH3 is 2. The predicted molar refractivity (Wildman–Crippen MR) is 115 cm³/mol. The van der Waals surface area contributed by atoms with Crippen molar-refractivity contribution in [2.45, 2.75) is 24.8 Å². The van der Waals surface area contributed by atoms with E-state index in [-0.39, 0.29) is 23.5 Å². The van der Waals surface area contributed by atoms with Crippen molar-refractivity contribution in [2.24, 2.45) is 0 Å². The summed E-state index contributed by atoms with van der Waals surface area (Å²) in [5.41, 5.74) is 3.42. The minimum Gasteiger partial charge on any atom is -0.609 e. The zero-order valence-corrected chi connectivity index (χ0v) is 18.6. The lowest BCUT2D eigenvalue weighted by Crippen LogP contribution is -2.33. The molecule has 1 atom stereocenters. The van der Waals surface area contributed by atoms with Crippen molar-refractivity contribution in [3.63, 3.8) is 0 Å². The average Bonchev–Trinajstić information content (AvgIpc) is 3.13. The first-order valence-corrected chi connectivity index (χ1v) is 10.6. The largest absolute Gasteiger partial charge is 0.609 e. The summed E-state index contributed by atoms with van der Waals surface area (Å²) in [6.45, 7) is 7.80. The zero-order chi connectivity index (χ0) is 22.0. The molecule has 2 aromatic heterocycles. The number of nitrogens with zero attached hydrogens (tertiary/aromatic N) is 4. The summed E-state index contributed by atoms with van der Waals surface area (Å²) in [6.07, 6.45) is 1.69. The third kappa shape index (κ3) is 3.95. The molecule has 1 unspecified atom stereocenters. The molecule has 0 saturated heterocycles. The Morgan fingerprint density at radius 3 is 2.67 bits per heavy atom. The van der Waals surface area contributed by atoms with Gasteiger partial charge in [-0.2, -0.15) is 4.98 Å². The number of imidazole rings is 1. The molecule has 8 nitrogen and oxygen atoms in total. The molecule has 0 aliphatic rings. The Hall–Kier alpha value is -2.78. The molecule has 0 N–H and O–H groups in total. The number of carbonyl (C=O) groups excluding carboxylic acids is 1. The highest BCUT2D eigenvalue weighted by atomic mass is 32.2. The van der Waals surface area contributed by atoms with Crippen molar-refractivity contribution >= 4 is 28.2 Å². The molecule has 0 spiro atoms. The second-order valence-corrected chi connectivity index (χ2v) is 8.17. The fourth-order valence-electron chi connectivity index (χ4n) is 3.17. The van der Waals surface area contributed by atoms with Gasteiger partial charge in [-0.1, -0.05) is 0 Å². The van der Waals surface area contributed by atoms with Gasteiger partial charge in [0.2, 0.25) is 0 Å². The van der Waals surface area contributed by atoms with Gasteiger partial charge in [-0.3, -0.25) is 4.98 Å². The van der Waals surface area contributed by atoms with Crippen molar-refractivity contribution in [2.75, 3.05) is 27.8 Å². The van der Waals surface area contributed by atoms with E-state index in [4.69, 9.17) is 9.47 Å². The van der Waals surface area contributed by atoms with Crippen molar-refractivity contribution in [3.05, 3.63) is 48.1 Å². The Morgan fingerprint density at radius 2 is 2.03 bits per heavy atom. The van der Waals surface area contributed by atoms with Gasteiger partial charge in [-0.25, -0.2) is 9.36 Å². The molecule has 9 heteroatoms. The van der Waals surface area contributed by atoms with E-state index >= 15 is 0 Å². The Balaban J connectivity index is 2.09. The van der Waals surface area contributed by atoms with E-state index < -0.39 is 11.2 Å². The standard InChI is InChI=1S/C21H25N4O4S/c1-7-24(4)21(26)25-18-9-8-15(28-5)10-16(18)23-20(25)30(27)12-17-14(3)19(29-6)13(2)11-22-17/h8-11H,1,7,12H2,2-6H3. The van der Waals surface area contributed by atoms with Gasteiger partial charge >= 0.3 is 11.2 Å². The molecule has 0 bridgehead atoms. The first-order chi connectivity index (χ1) is 14.3. The molecular formula is C21H25N4O4S. The number of hydrogen-bond acceptors (Lipinski definition) is 6. The fraction of sp³-hybridized carbons (Fsp3) is 0.333. The molecule has 2 heterocycles. The molecule has 0 saturated carbocycles. The van der Waals surface area contributed by atoms with E-state index in [9.17, 15) is 9.35 Å². The van der Waals surface area contributed by atoms with E-state index in [1.807, 2.05) is 13.8 Å². The predicted octanol–water partition coefficient (Wildman–Crippen LogP) is 3.11. The van der Waals surface area contributed by atoms with Gasteiger partial charge in [-0.15, -0.1) is 0 Å². The van der Waals surface area contributed by atoms with E-state index in [2.05, 4.69) is 16.9 Å². The molecule has 3 aromatic rings. The molecule has 0 aliphatic carbocycles. The van der Waals surface area contributed by atoms with Crippen molar-refractivity contribution in [1.29, 1.82) is 0 Å². The van der Waals surface area contributed by atoms with E-state index in [1.54, 1.807) is 45.7 Å². The number of benzene rings is 1. The summed E-state index contributed by atoms with van der Waals surface area (Å²) in [7, 11) is 4.78. The van der Waals surface area contributed by atoms with Gasteiger partial charge in [0.05, 0.1) is 30.9 Å². The maximum Gasteiger partial charge on any atom is 0.333 e. The summed E-state index contributed by atoms with van der Waals surface area (Å²) in [4.78, 5) is 23.4. The number of rotatable bonds is 6. The Morgan fingerprint density at radius 1 is 1.30 bits per heavy atom. The van der Waals surface area contributed by atoms with Gasteiger partial charge in [0.15, 0.2) is 5.75 Å². The third-order valence-corrected chi connectivity index (χ3v) is 6.12. The van der Waals surface area contributed by atoms with Crippen LogP contribution >= 0.6 is 0 Å². The molecule has 1 aromatic carbocycles. The first kappa shape index (κ1) is 21.9. The van der Waals surface area contributed by atoms with Crippen LogP contribution in [0.3, 0.4) is 0 Å². The summed E-state index contributed by atoms with van der Waals surface area (Å²) in [6, 6.07) is 4.82. The number of hydrogen-bond donors (Lipinski definition) is 0. The van der Waals surface area contributed by atoms with E-state index in [0.29, 0.717) is 28.2 Å². The number of pyridine rings is 1. The van der Waals surface area contributed by atoms with Crippen LogP contribution in [0.5, 0.6) is 11.5 Å². The van der Waals surface area contributed by atoms with Crippen LogP contribution in [0.1, 0.15) is 16.8 Å². The van der Waals surface area contributed by atoms with Crippen molar-refractivity contribution < 1.29 is 18.8 Å². The zero-order valence-electron chi connectivity index (χ0n) is 17.8. The number of aryl methyl sites for hydroxylation is 1. The first-order valence-electron chi connectivity index (χ1n) is 9.31. The summed E-state index contributed by atoms with van der Waals surface area (Å²) in [5.74, 6) is 1.41. The molecule has 1 radical (unpaired) electrons. The smallest absolute Gasteiger partial charge is 0.333 e. The van der Waals surface area contributed by atoms with Crippen LogP contribution in [-0.4, -0.2) is 57.8 Å². The fourth-order valence-corrected chi connectivity index (χ4v) is 4.42. The van der Waals surface area contributed by atoms with Gasteiger partial charge in [-0.05, 0) is 32.9 Å². The third-order valence-electron chi connectivity index (χ3n) is 4.91. The van der Waals surface area contributed by atoms with Gasteiger partial charge in [0, 0.05) is 48.2 Å². The summed E-state index contributed by atoms with van der Waals surface area (Å²) in [5, 5.41) is 0.157. The summed E-state index contributed by atoms with van der Waals surface area (Å²) < 4.78 is 25.4. The number of amides is 1. The molecule has 30 heavy (non-hydrogen) atoms. The molecule has 1 amide bonds. The Kier molecular flexibility index (Phi) is 6.52. The molecule has 0 aliphatic heterocycles. The van der Waals surface area contributed by atoms with Crippen LogP contribution in [0.15, 0.2) is 29.6 Å². The Bertz CT molecular complexity index is 1080. The van der Waals surface area contributed by atoms with Crippen LogP contribution in [0.2, 0.25) is 0 Å². The highest BCUT2D eigenvalue weighted by Gasteiger charge is 2.29. The van der Waals surface area contributed by atoms with Gasteiger partial charge in [0.1, 0.15) is 11.5 Å². The number of carbonyl (C=O) groups is 1. The molecular weight excluding hydrogens is 404 g/mol. The lowest BCUT2D eigenvalue weighted by molar-refractivity contribution is 0.213. The minimum atomic E-state index is -1.63. The number of fused-ring (bicyclic) bond motifs is 1. The minimum absolute atomic E-state index is 0.101. The van der Waals surface area contributed by atoms with Gasteiger partial charge < -0.3 is 18.9 Å². The number of ether oxygens (including phenoxy) is 2. The quantitative estimate of drug-likeness (QED) is 0.559. The van der Waals surface area contributed by atoms with Crippen molar-refractivity contribution in [1.82, 2.24) is 19.4 Å². The second-order valence-electron chi connectivity index (χ2n) is 6.82. The monoisotopic (exact) mass is 429 g/mol. The number of aromatic nitrogens is 3. The van der Waals surface area contributed by atoms with Crippen molar-refractivity contribution in [3.8, 4) is 11.5 Å². The van der Waals surface area contributed by atoms with Crippen LogP contribution in [0.4, 0.5) is 4.79 Å². The topological polar surface area (TPSA) is 92.5 Å². The lowest BCUT2D eigenvalue weighted by Gasteiger charge is -2.18. The Labute approximate surface area is 179 Å².